The Hall–Kier alpha value is -5.04. The Balaban J connectivity index is 1.37. The van der Waals surface area contributed by atoms with Crippen molar-refractivity contribution in [1.29, 1.82) is 0 Å². The van der Waals surface area contributed by atoms with E-state index in [-0.39, 0.29) is 29.9 Å². The van der Waals surface area contributed by atoms with E-state index in [0.29, 0.717) is 41.5 Å². The first kappa shape index (κ1) is 30.0. The molecule has 1 amide bonds. The second-order valence-electron chi connectivity index (χ2n) is 11.1. The van der Waals surface area contributed by atoms with Gasteiger partial charge >= 0.3 is 0 Å². The standard InChI is InChI=1S/C32H33F2N7O4/c1-4-29(42)40-10-9-23(19-40)41-30-20(15-28(31(41)43)45-26-8-5-21(33)16-24(26)34)18-35-32(37-30)36-25-7-6-22(17-27(25)44-3)39-13-11-38(2)12-14-39/h4-8,15-18,23H,1,9-14,19H2,2-3H3,(H,35,36,37)/t23-/m0/s1. The van der Waals surface area contributed by atoms with Gasteiger partial charge in [0.25, 0.3) is 5.56 Å². The Morgan fingerprint density at radius 1 is 1.04 bits per heavy atom. The van der Waals surface area contributed by atoms with Crippen LogP contribution in [0.1, 0.15) is 12.5 Å². The lowest BCUT2D eigenvalue weighted by atomic mass is 10.2. The minimum absolute atomic E-state index is 0.188. The van der Waals surface area contributed by atoms with Crippen molar-refractivity contribution in [2.24, 2.45) is 0 Å². The number of benzene rings is 2. The number of carbonyl (C=O) groups is 1. The SMILES string of the molecule is C=CC(=O)N1CC[C@H](n2c(=O)c(Oc3ccc(F)cc3F)cc3cnc(Nc4ccc(N5CCN(C)CC5)cc4OC)nc32)C1. The zero-order chi connectivity index (χ0) is 31.7. The van der Waals surface area contributed by atoms with Gasteiger partial charge in [0, 0.05) is 68.7 Å². The Kier molecular flexibility index (Phi) is 8.35. The Morgan fingerprint density at radius 2 is 1.84 bits per heavy atom. The number of aromatic nitrogens is 3. The van der Waals surface area contributed by atoms with Gasteiger partial charge in [-0.15, -0.1) is 0 Å². The molecule has 2 aromatic heterocycles. The molecule has 4 heterocycles. The highest BCUT2D eigenvalue weighted by molar-refractivity contribution is 5.87. The number of nitrogens with one attached hydrogen (secondary N) is 1. The molecule has 0 radical (unpaired) electrons. The normalized spacial score (nSPS) is 17.0. The summed E-state index contributed by atoms with van der Waals surface area (Å²) in [5, 5.41) is 3.66. The van der Waals surface area contributed by atoms with E-state index in [1.165, 1.54) is 22.9 Å². The number of pyridine rings is 1. The van der Waals surface area contributed by atoms with Gasteiger partial charge in [-0.2, -0.15) is 4.98 Å². The Bertz CT molecular complexity index is 1820. The zero-order valence-electron chi connectivity index (χ0n) is 25.0. The molecule has 234 valence electrons. The van der Waals surface area contributed by atoms with E-state index >= 15 is 0 Å². The molecule has 11 nitrogen and oxygen atoms in total. The van der Waals surface area contributed by atoms with Crippen molar-refractivity contribution in [1.82, 2.24) is 24.3 Å². The number of rotatable bonds is 8. The second kappa shape index (κ2) is 12.5. The molecule has 2 aromatic carbocycles. The van der Waals surface area contributed by atoms with Gasteiger partial charge in [0.05, 0.1) is 18.8 Å². The molecule has 2 fully saturated rings. The molecule has 0 saturated carbocycles. The molecular formula is C32H33F2N7O4. The smallest absolute Gasteiger partial charge is 0.295 e. The van der Waals surface area contributed by atoms with Gasteiger partial charge in [-0.05, 0) is 49.9 Å². The third-order valence-electron chi connectivity index (χ3n) is 8.17. The van der Waals surface area contributed by atoms with E-state index in [9.17, 15) is 18.4 Å². The van der Waals surface area contributed by atoms with Gasteiger partial charge in [0.2, 0.25) is 11.9 Å². The first-order valence-electron chi connectivity index (χ1n) is 14.6. The first-order valence-corrected chi connectivity index (χ1v) is 14.6. The van der Waals surface area contributed by atoms with E-state index < -0.39 is 23.2 Å². The number of nitrogens with zero attached hydrogens (tertiary/aromatic N) is 6. The van der Waals surface area contributed by atoms with Crippen molar-refractivity contribution >= 4 is 34.3 Å². The molecule has 4 aromatic rings. The highest BCUT2D eigenvalue weighted by atomic mass is 19.1. The fourth-order valence-corrected chi connectivity index (χ4v) is 5.69. The lowest BCUT2D eigenvalue weighted by molar-refractivity contribution is -0.125. The molecule has 2 saturated heterocycles. The molecule has 2 aliphatic rings. The summed E-state index contributed by atoms with van der Waals surface area (Å²) in [6.45, 7) is 7.98. The summed E-state index contributed by atoms with van der Waals surface area (Å²) < 4.78 is 40.7. The maximum Gasteiger partial charge on any atom is 0.295 e. The van der Waals surface area contributed by atoms with Crippen LogP contribution in [0.2, 0.25) is 0 Å². The fourth-order valence-electron chi connectivity index (χ4n) is 5.69. The van der Waals surface area contributed by atoms with E-state index in [0.717, 1.165) is 44.0 Å². The van der Waals surface area contributed by atoms with Crippen LogP contribution in [0, 0.1) is 11.6 Å². The maximum atomic E-state index is 14.5. The van der Waals surface area contributed by atoms with Gasteiger partial charge in [-0.3, -0.25) is 14.2 Å². The molecule has 2 aliphatic heterocycles. The fraction of sp³-hybridized carbons (Fsp3) is 0.312. The molecule has 1 atom stereocenters. The first-order chi connectivity index (χ1) is 21.7. The maximum absolute atomic E-state index is 14.5. The lowest BCUT2D eigenvalue weighted by Gasteiger charge is -2.34. The molecule has 0 bridgehead atoms. The minimum Gasteiger partial charge on any atom is -0.494 e. The molecule has 1 N–H and O–H groups in total. The van der Waals surface area contributed by atoms with Gasteiger partial charge in [-0.25, -0.2) is 13.8 Å². The molecule has 0 aliphatic carbocycles. The summed E-state index contributed by atoms with van der Waals surface area (Å²) in [7, 11) is 3.70. The van der Waals surface area contributed by atoms with Crippen LogP contribution in [-0.4, -0.2) is 83.7 Å². The van der Waals surface area contributed by atoms with Crippen LogP contribution >= 0.6 is 0 Å². The van der Waals surface area contributed by atoms with E-state index in [2.05, 4.69) is 33.7 Å². The largest absolute Gasteiger partial charge is 0.494 e. The van der Waals surface area contributed by atoms with Crippen LogP contribution in [0.4, 0.5) is 26.1 Å². The number of hydrogen-bond donors (Lipinski definition) is 1. The van der Waals surface area contributed by atoms with E-state index in [1.54, 1.807) is 12.0 Å². The number of ether oxygens (including phenoxy) is 2. The summed E-state index contributed by atoms with van der Waals surface area (Å²) in [5.74, 6) is -1.64. The number of piperazine rings is 1. The summed E-state index contributed by atoms with van der Waals surface area (Å²) >= 11 is 0. The predicted molar refractivity (Wildman–Crippen MR) is 167 cm³/mol. The monoisotopic (exact) mass is 617 g/mol. The predicted octanol–water partition coefficient (Wildman–Crippen LogP) is 4.33. The van der Waals surface area contributed by atoms with Crippen LogP contribution in [0.3, 0.4) is 0 Å². The average molecular weight is 618 g/mol. The van der Waals surface area contributed by atoms with Crippen molar-refractivity contribution < 1.29 is 23.0 Å². The van der Waals surface area contributed by atoms with E-state index in [4.69, 9.17) is 14.5 Å². The molecular weight excluding hydrogens is 584 g/mol. The number of fused-ring (bicyclic) bond motifs is 1. The molecule has 45 heavy (non-hydrogen) atoms. The number of amides is 1. The van der Waals surface area contributed by atoms with Gasteiger partial charge in [0.15, 0.2) is 17.3 Å². The van der Waals surface area contributed by atoms with Crippen LogP contribution < -0.4 is 25.2 Å². The summed E-state index contributed by atoms with van der Waals surface area (Å²) in [4.78, 5) is 41.6. The number of likely N-dealkylation sites (tertiary alicyclic amines) is 1. The summed E-state index contributed by atoms with van der Waals surface area (Å²) in [6, 6.07) is 9.68. The van der Waals surface area contributed by atoms with Crippen LogP contribution in [-0.2, 0) is 4.79 Å². The highest BCUT2D eigenvalue weighted by Crippen LogP contribution is 2.33. The number of anilines is 3. The third-order valence-corrected chi connectivity index (χ3v) is 8.17. The number of hydrogen-bond acceptors (Lipinski definition) is 9. The molecule has 0 spiro atoms. The van der Waals surface area contributed by atoms with E-state index in [1.807, 2.05) is 18.2 Å². The van der Waals surface area contributed by atoms with Crippen LogP contribution in [0.5, 0.6) is 17.2 Å². The topological polar surface area (TPSA) is 105 Å². The van der Waals surface area contributed by atoms with Gasteiger partial charge in [-0.1, -0.05) is 6.58 Å². The van der Waals surface area contributed by atoms with Crippen molar-refractivity contribution in [3.05, 3.63) is 83.3 Å². The molecule has 0 unspecified atom stereocenters. The zero-order valence-corrected chi connectivity index (χ0v) is 25.0. The minimum atomic E-state index is -0.951. The average Bonchev–Trinajstić information content (AvgIpc) is 3.53. The van der Waals surface area contributed by atoms with Crippen molar-refractivity contribution in [3.63, 3.8) is 0 Å². The highest BCUT2D eigenvalue weighted by Gasteiger charge is 2.30. The lowest BCUT2D eigenvalue weighted by Crippen LogP contribution is -2.44. The van der Waals surface area contributed by atoms with Gasteiger partial charge < -0.3 is 29.5 Å². The quantitative estimate of drug-likeness (QED) is 0.290. The number of halogens is 2. The van der Waals surface area contributed by atoms with Gasteiger partial charge in [0.1, 0.15) is 17.2 Å². The van der Waals surface area contributed by atoms with Crippen LogP contribution in [0.25, 0.3) is 11.0 Å². The van der Waals surface area contributed by atoms with Crippen molar-refractivity contribution in [2.75, 3.05) is 63.6 Å². The van der Waals surface area contributed by atoms with Crippen molar-refractivity contribution in [2.45, 2.75) is 12.5 Å². The molecule has 6 rings (SSSR count). The number of likely N-dealkylation sites (N-methyl/N-ethyl adjacent to an activating group) is 1. The summed E-state index contributed by atoms with van der Waals surface area (Å²) in [5.41, 5.74) is 1.40. The number of methoxy groups -OCH3 is 1. The third kappa shape index (κ3) is 6.16. The molecule has 13 heteroatoms. The second-order valence-corrected chi connectivity index (χ2v) is 11.1. The van der Waals surface area contributed by atoms with Crippen LogP contribution in [0.15, 0.2) is 66.1 Å². The number of carbonyl (C=O) groups excluding carboxylic acids is 1. The van der Waals surface area contributed by atoms with Crippen molar-refractivity contribution in [3.8, 4) is 17.2 Å². The Labute approximate surface area is 258 Å². The summed E-state index contributed by atoms with van der Waals surface area (Å²) in [6.07, 6.45) is 3.23. The Morgan fingerprint density at radius 3 is 2.58 bits per heavy atom.